The van der Waals surface area contributed by atoms with Crippen LogP contribution in [0.2, 0.25) is 10.2 Å². The van der Waals surface area contributed by atoms with Crippen LogP contribution in [-0.4, -0.2) is 9.97 Å². The van der Waals surface area contributed by atoms with Gasteiger partial charge in [-0.3, -0.25) is 0 Å². The summed E-state index contributed by atoms with van der Waals surface area (Å²) in [6.07, 6.45) is 0. The number of fused-ring (bicyclic) bond motifs is 1. The maximum Gasteiger partial charge on any atom is 0.161 e. The third-order valence-electron chi connectivity index (χ3n) is 3.38. The summed E-state index contributed by atoms with van der Waals surface area (Å²) in [4.78, 5) is 8.61. The molecule has 0 N–H and O–H groups in total. The monoisotopic (exact) mass is 320 g/mol. The summed E-state index contributed by atoms with van der Waals surface area (Å²) in [6.45, 7) is 3.74. The van der Waals surface area contributed by atoms with Crippen LogP contribution >= 0.6 is 23.2 Å². The fraction of sp³-hybridized carbons (Fsp3) is 0.125. The highest BCUT2D eigenvalue weighted by Crippen LogP contribution is 2.30. The zero-order valence-corrected chi connectivity index (χ0v) is 12.9. The van der Waals surface area contributed by atoms with Crippen molar-refractivity contribution in [2.24, 2.45) is 0 Å². The number of halogens is 3. The number of hydrogen-bond acceptors (Lipinski definition) is 2. The molecule has 0 fully saturated rings. The fourth-order valence-electron chi connectivity index (χ4n) is 2.23. The lowest BCUT2D eigenvalue weighted by atomic mass is 10.1. The molecule has 106 valence electrons. The Balaban J connectivity index is 2.30. The molecule has 0 saturated carbocycles. The van der Waals surface area contributed by atoms with Gasteiger partial charge in [-0.05, 0) is 49.2 Å². The van der Waals surface area contributed by atoms with Gasteiger partial charge in [-0.1, -0.05) is 29.3 Å². The van der Waals surface area contributed by atoms with Gasteiger partial charge in [-0.2, -0.15) is 0 Å². The average molecular weight is 321 g/mol. The summed E-state index contributed by atoms with van der Waals surface area (Å²) >= 11 is 12.2. The van der Waals surface area contributed by atoms with Crippen molar-refractivity contribution >= 4 is 34.1 Å². The van der Waals surface area contributed by atoms with Crippen LogP contribution in [0, 0.1) is 19.7 Å². The molecule has 5 heteroatoms. The number of benzene rings is 2. The average Bonchev–Trinajstić information content (AvgIpc) is 2.45. The molecule has 3 aromatic rings. The molecule has 0 saturated heterocycles. The molecule has 21 heavy (non-hydrogen) atoms. The van der Waals surface area contributed by atoms with Gasteiger partial charge in [0.1, 0.15) is 16.5 Å². The Morgan fingerprint density at radius 1 is 0.952 bits per heavy atom. The maximum atomic E-state index is 14.0. The van der Waals surface area contributed by atoms with Crippen molar-refractivity contribution in [2.45, 2.75) is 13.8 Å². The summed E-state index contributed by atoms with van der Waals surface area (Å²) in [5.74, 6) is -0.0244. The smallest absolute Gasteiger partial charge is 0.161 e. The molecule has 0 unspecified atom stereocenters. The van der Waals surface area contributed by atoms with Gasteiger partial charge < -0.3 is 0 Å². The number of aromatic nitrogens is 2. The Morgan fingerprint density at radius 2 is 1.71 bits per heavy atom. The van der Waals surface area contributed by atoms with Crippen molar-refractivity contribution in [2.75, 3.05) is 0 Å². The standard InChI is InChI=1S/C16H11Cl2FN2/c1-8-3-6-12(19)14-13(8)15(18)21-16(20-14)10-4-5-11(17)9(2)7-10/h3-7H,1-2H3. The third kappa shape index (κ3) is 2.47. The number of hydrogen-bond donors (Lipinski definition) is 0. The Bertz CT molecular complexity index is 863. The van der Waals surface area contributed by atoms with E-state index in [-0.39, 0.29) is 10.7 Å². The second-order valence-electron chi connectivity index (χ2n) is 4.89. The summed E-state index contributed by atoms with van der Waals surface area (Å²) < 4.78 is 14.0. The minimum Gasteiger partial charge on any atom is -0.225 e. The van der Waals surface area contributed by atoms with Gasteiger partial charge in [0.05, 0.1) is 0 Å². The predicted molar refractivity (Wildman–Crippen MR) is 84.4 cm³/mol. The van der Waals surface area contributed by atoms with E-state index >= 15 is 0 Å². The van der Waals surface area contributed by atoms with Crippen LogP contribution < -0.4 is 0 Å². The number of aryl methyl sites for hydroxylation is 2. The lowest BCUT2D eigenvalue weighted by molar-refractivity contribution is 0.636. The molecular weight excluding hydrogens is 310 g/mol. The van der Waals surface area contributed by atoms with Crippen LogP contribution in [0.15, 0.2) is 30.3 Å². The van der Waals surface area contributed by atoms with Crippen LogP contribution in [0.1, 0.15) is 11.1 Å². The molecule has 0 spiro atoms. The van der Waals surface area contributed by atoms with Crippen molar-refractivity contribution in [3.63, 3.8) is 0 Å². The molecule has 1 heterocycles. The second kappa shape index (κ2) is 5.24. The quantitative estimate of drug-likeness (QED) is 0.564. The first-order valence-electron chi connectivity index (χ1n) is 6.36. The largest absolute Gasteiger partial charge is 0.225 e. The fourth-order valence-corrected chi connectivity index (χ4v) is 2.67. The SMILES string of the molecule is Cc1cc(-c2nc(Cl)c3c(C)ccc(F)c3n2)ccc1Cl. The third-order valence-corrected chi connectivity index (χ3v) is 4.08. The molecule has 0 aliphatic heterocycles. The molecule has 2 nitrogen and oxygen atoms in total. The highest BCUT2D eigenvalue weighted by molar-refractivity contribution is 6.34. The molecule has 1 aromatic heterocycles. The lowest BCUT2D eigenvalue weighted by Crippen LogP contribution is -1.96. The van der Waals surface area contributed by atoms with Gasteiger partial charge in [-0.25, -0.2) is 14.4 Å². The molecular formula is C16H11Cl2FN2. The molecule has 3 rings (SSSR count). The molecule has 0 atom stereocenters. The Morgan fingerprint density at radius 3 is 2.43 bits per heavy atom. The Kier molecular flexibility index (Phi) is 3.56. The lowest BCUT2D eigenvalue weighted by Gasteiger charge is -2.08. The summed E-state index contributed by atoms with van der Waals surface area (Å²) in [6, 6.07) is 8.46. The van der Waals surface area contributed by atoms with Gasteiger partial charge in [0, 0.05) is 16.0 Å². The maximum absolute atomic E-state index is 14.0. The topological polar surface area (TPSA) is 25.8 Å². The van der Waals surface area contributed by atoms with Gasteiger partial charge in [0.25, 0.3) is 0 Å². The molecule has 0 aliphatic carbocycles. The normalized spacial score (nSPS) is 11.1. The minimum absolute atomic E-state index is 0.234. The van der Waals surface area contributed by atoms with Gasteiger partial charge in [-0.15, -0.1) is 0 Å². The molecule has 0 radical (unpaired) electrons. The molecule has 0 aliphatic rings. The van der Waals surface area contributed by atoms with E-state index in [1.807, 2.05) is 19.9 Å². The Hall–Kier alpha value is -1.71. The number of rotatable bonds is 1. The highest BCUT2D eigenvalue weighted by Gasteiger charge is 2.13. The summed E-state index contributed by atoms with van der Waals surface area (Å²) in [5, 5.41) is 1.46. The first kappa shape index (κ1) is 14.2. The van der Waals surface area contributed by atoms with Crippen LogP contribution in [0.25, 0.3) is 22.3 Å². The van der Waals surface area contributed by atoms with E-state index in [0.29, 0.717) is 16.2 Å². The van der Waals surface area contributed by atoms with E-state index in [0.717, 1.165) is 16.7 Å². The van der Waals surface area contributed by atoms with E-state index in [2.05, 4.69) is 9.97 Å². The Labute approximate surface area is 131 Å². The van der Waals surface area contributed by atoms with Crippen LogP contribution in [0.4, 0.5) is 4.39 Å². The molecule has 0 bridgehead atoms. The number of nitrogens with zero attached hydrogens (tertiary/aromatic N) is 2. The van der Waals surface area contributed by atoms with E-state index in [1.54, 1.807) is 18.2 Å². The first-order chi connectivity index (χ1) is 9.97. The highest BCUT2D eigenvalue weighted by atomic mass is 35.5. The molecule has 0 amide bonds. The van der Waals surface area contributed by atoms with Crippen molar-refractivity contribution in [3.05, 3.63) is 57.5 Å². The first-order valence-corrected chi connectivity index (χ1v) is 7.12. The zero-order valence-electron chi connectivity index (χ0n) is 11.4. The van der Waals surface area contributed by atoms with Crippen LogP contribution in [0.3, 0.4) is 0 Å². The van der Waals surface area contributed by atoms with Crippen molar-refractivity contribution < 1.29 is 4.39 Å². The van der Waals surface area contributed by atoms with Gasteiger partial charge in [0.2, 0.25) is 0 Å². The van der Waals surface area contributed by atoms with Gasteiger partial charge in [0.15, 0.2) is 5.82 Å². The predicted octanol–water partition coefficient (Wildman–Crippen LogP) is 5.36. The summed E-state index contributed by atoms with van der Waals surface area (Å²) in [7, 11) is 0. The second-order valence-corrected chi connectivity index (χ2v) is 5.66. The van der Waals surface area contributed by atoms with Crippen molar-refractivity contribution in [1.29, 1.82) is 0 Å². The summed E-state index contributed by atoms with van der Waals surface area (Å²) in [5.41, 5.74) is 2.73. The zero-order chi connectivity index (χ0) is 15.1. The van der Waals surface area contributed by atoms with E-state index in [9.17, 15) is 4.39 Å². The molecule has 2 aromatic carbocycles. The minimum atomic E-state index is -0.410. The van der Waals surface area contributed by atoms with E-state index < -0.39 is 5.82 Å². The van der Waals surface area contributed by atoms with E-state index in [1.165, 1.54) is 6.07 Å². The van der Waals surface area contributed by atoms with Crippen molar-refractivity contribution in [3.8, 4) is 11.4 Å². The van der Waals surface area contributed by atoms with Gasteiger partial charge >= 0.3 is 0 Å². The van der Waals surface area contributed by atoms with Crippen LogP contribution in [-0.2, 0) is 0 Å². The van der Waals surface area contributed by atoms with E-state index in [4.69, 9.17) is 23.2 Å². The van der Waals surface area contributed by atoms with Crippen LogP contribution in [0.5, 0.6) is 0 Å². The van der Waals surface area contributed by atoms with Crippen molar-refractivity contribution in [1.82, 2.24) is 9.97 Å².